The SMILES string of the molecule is COc1cc(Br)ccc1OCC(=O)NN=Cc1cc(Br)cc(Br)c1OC. The van der Waals surface area contributed by atoms with Crippen LogP contribution in [0.25, 0.3) is 0 Å². The highest BCUT2D eigenvalue weighted by atomic mass is 79.9. The molecule has 0 aliphatic carbocycles. The Morgan fingerprint density at radius 3 is 2.54 bits per heavy atom. The van der Waals surface area contributed by atoms with E-state index >= 15 is 0 Å². The first-order chi connectivity index (χ1) is 12.4. The van der Waals surface area contributed by atoms with Crippen molar-refractivity contribution in [2.24, 2.45) is 5.10 Å². The van der Waals surface area contributed by atoms with Gasteiger partial charge in [-0.2, -0.15) is 5.10 Å². The molecule has 0 spiro atoms. The van der Waals surface area contributed by atoms with Crippen molar-refractivity contribution in [3.63, 3.8) is 0 Å². The second-order valence-corrected chi connectivity index (χ2v) is 7.57. The summed E-state index contributed by atoms with van der Waals surface area (Å²) < 4.78 is 18.5. The summed E-state index contributed by atoms with van der Waals surface area (Å²) in [7, 11) is 3.09. The number of nitrogens with one attached hydrogen (secondary N) is 1. The molecule has 0 aliphatic heterocycles. The zero-order valence-corrected chi connectivity index (χ0v) is 18.6. The van der Waals surface area contributed by atoms with E-state index in [4.69, 9.17) is 14.2 Å². The van der Waals surface area contributed by atoms with Crippen LogP contribution in [-0.2, 0) is 4.79 Å². The van der Waals surface area contributed by atoms with Crippen molar-refractivity contribution in [3.05, 3.63) is 49.3 Å². The molecule has 9 heteroatoms. The number of benzene rings is 2. The molecule has 6 nitrogen and oxygen atoms in total. The molecule has 0 bridgehead atoms. The average molecular weight is 551 g/mol. The van der Waals surface area contributed by atoms with Gasteiger partial charge in [0.15, 0.2) is 18.1 Å². The van der Waals surface area contributed by atoms with Gasteiger partial charge in [0.05, 0.1) is 24.9 Å². The Morgan fingerprint density at radius 1 is 1.08 bits per heavy atom. The highest BCUT2D eigenvalue weighted by Crippen LogP contribution is 2.32. The van der Waals surface area contributed by atoms with Gasteiger partial charge in [-0.25, -0.2) is 5.43 Å². The summed E-state index contributed by atoms with van der Waals surface area (Å²) >= 11 is 10.2. The average Bonchev–Trinajstić information content (AvgIpc) is 2.60. The van der Waals surface area contributed by atoms with Crippen LogP contribution in [0.1, 0.15) is 5.56 Å². The number of ether oxygens (including phenoxy) is 3. The van der Waals surface area contributed by atoms with Crippen molar-refractivity contribution in [2.75, 3.05) is 20.8 Å². The quantitative estimate of drug-likeness (QED) is 0.406. The predicted octanol–water partition coefficient (Wildman–Crippen LogP) is 4.52. The Hall–Kier alpha value is -1.58. The molecule has 1 N–H and O–H groups in total. The topological polar surface area (TPSA) is 69.2 Å². The number of carbonyl (C=O) groups is 1. The van der Waals surface area contributed by atoms with Crippen molar-refractivity contribution in [3.8, 4) is 17.2 Å². The lowest BCUT2D eigenvalue weighted by Crippen LogP contribution is -2.24. The lowest BCUT2D eigenvalue weighted by Gasteiger charge is -2.10. The van der Waals surface area contributed by atoms with Crippen LogP contribution < -0.4 is 19.6 Å². The molecule has 2 aromatic rings. The smallest absolute Gasteiger partial charge is 0.277 e. The highest BCUT2D eigenvalue weighted by molar-refractivity contribution is 9.11. The fraction of sp³-hybridized carbons (Fsp3) is 0.176. The van der Waals surface area contributed by atoms with Gasteiger partial charge >= 0.3 is 0 Å². The molecule has 0 saturated carbocycles. The number of methoxy groups -OCH3 is 2. The Kier molecular flexibility index (Phi) is 7.92. The zero-order valence-electron chi connectivity index (χ0n) is 13.9. The van der Waals surface area contributed by atoms with Gasteiger partial charge < -0.3 is 14.2 Å². The number of hydrogen-bond acceptors (Lipinski definition) is 5. The molecule has 0 saturated heterocycles. The van der Waals surface area contributed by atoms with E-state index in [2.05, 4.69) is 58.3 Å². The van der Waals surface area contributed by atoms with Crippen LogP contribution in [0.5, 0.6) is 17.2 Å². The maximum absolute atomic E-state index is 11.9. The van der Waals surface area contributed by atoms with Crippen molar-refractivity contribution in [1.29, 1.82) is 0 Å². The van der Waals surface area contributed by atoms with Gasteiger partial charge in [0.25, 0.3) is 5.91 Å². The van der Waals surface area contributed by atoms with Crippen LogP contribution in [0.15, 0.2) is 48.9 Å². The van der Waals surface area contributed by atoms with Gasteiger partial charge in [-0.05, 0) is 46.3 Å². The molecule has 26 heavy (non-hydrogen) atoms. The maximum Gasteiger partial charge on any atom is 0.277 e. The molecule has 2 aromatic carbocycles. The van der Waals surface area contributed by atoms with Crippen molar-refractivity contribution >= 4 is 59.9 Å². The first-order valence-corrected chi connectivity index (χ1v) is 9.63. The number of rotatable bonds is 7. The molecular formula is C17H15Br3N2O4. The molecule has 0 unspecified atom stereocenters. The standard InChI is InChI=1S/C17H15Br3N2O4/c1-24-15-7-11(18)3-4-14(15)26-9-16(23)22-21-8-10-5-12(19)6-13(20)17(10)25-2/h3-8H,9H2,1-2H3,(H,22,23). The van der Waals surface area contributed by atoms with E-state index < -0.39 is 5.91 Å². The molecule has 0 aromatic heterocycles. The van der Waals surface area contributed by atoms with E-state index in [-0.39, 0.29) is 6.61 Å². The second-order valence-electron chi connectivity index (χ2n) is 4.89. The molecule has 0 atom stereocenters. The summed E-state index contributed by atoms with van der Waals surface area (Å²) in [5.41, 5.74) is 3.11. The van der Waals surface area contributed by atoms with E-state index in [0.717, 1.165) is 13.4 Å². The molecule has 0 radical (unpaired) electrons. The Balaban J connectivity index is 1.96. The maximum atomic E-state index is 11.9. The highest BCUT2D eigenvalue weighted by Gasteiger charge is 2.09. The molecular weight excluding hydrogens is 536 g/mol. The number of hydrazone groups is 1. The summed E-state index contributed by atoms with van der Waals surface area (Å²) in [5, 5.41) is 3.94. The van der Waals surface area contributed by atoms with Crippen molar-refractivity contribution in [2.45, 2.75) is 0 Å². The number of nitrogens with zero attached hydrogens (tertiary/aromatic N) is 1. The minimum absolute atomic E-state index is 0.200. The fourth-order valence-corrected chi connectivity index (χ4v) is 3.76. The Morgan fingerprint density at radius 2 is 1.85 bits per heavy atom. The van der Waals surface area contributed by atoms with Crippen LogP contribution in [0, 0.1) is 0 Å². The first kappa shape index (κ1) is 20.7. The van der Waals surface area contributed by atoms with Crippen LogP contribution >= 0.6 is 47.8 Å². The fourth-order valence-electron chi connectivity index (χ4n) is 2.00. The molecule has 0 aliphatic rings. The second kappa shape index (κ2) is 9.94. The van der Waals surface area contributed by atoms with Gasteiger partial charge in [-0.1, -0.05) is 31.9 Å². The van der Waals surface area contributed by atoms with Gasteiger partial charge in [0, 0.05) is 14.5 Å². The third-order valence-electron chi connectivity index (χ3n) is 3.12. The van der Waals surface area contributed by atoms with Crippen molar-refractivity contribution < 1.29 is 19.0 Å². The van der Waals surface area contributed by atoms with Crippen LogP contribution in [0.3, 0.4) is 0 Å². The molecule has 138 valence electrons. The first-order valence-electron chi connectivity index (χ1n) is 7.26. The molecule has 0 heterocycles. The number of halogens is 3. The minimum Gasteiger partial charge on any atom is -0.495 e. The summed E-state index contributed by atoms with van der Waals surface area (Å²) in [6.07, 6.45) is 1.49. The van der Waals surface area contributed by atoms with Gasteiger partial charge in [0.1, 0.15) is 5.75 Å². The molecule has 2 rings (SSSR count). The van der Waals surface area contributed by atoms with E-state index in [1.54, 1.807) is 25.3 Å². The largest absolute Gasteiger partial charge is 0.495 e. The summed E-state index contributed by atoms with van der Waals surface area (Å²) in [4.78, 5) is 11.9. The monoisotopic (exact) mass is 548 g/mol. The molecule has 1 amide bonds. The lowest BCUT2D eigenvalue weighted by atomic mass is 10.2. The minimum atomic E-state index is -0.403. The summed E-state index contributed by atoms with van der Waals surface area (Å²) in [6.45, 7) is -0.200. The number of carbonyl (C=O) groups excluding carboxylic acids is 1. The number of hydrogen-bond donors (Lipinski definition) is 1. The van der Waals surface area contributed by atoms with E-state index in [1.807, 2.05) is 12.1 Å². The van der Waals surface area contributed by atoms with Crippen LogP contribution in [-0.4, -0.2) is 32.9 Å². The van der Waals surface area contributed by atoms with Crippen molar-refractivity contribution in [1.82, 2.24) is 5.43 Å². The van der Waals surface area contributed by atoms with Crippen LogP contribution in [0.2, 0.25) is 0 Å². The van der Waals surface area contributed by atoms with E-state index in [9.17, 15) is 4.79 Å². The third-order valence-corrected chi connectivity index (χ3v) is 4.66. The lowest BCUT2D eigenvalue weighted by molar-refractivity contribution is -0.123. The zero-order chi connectivity index (χ0) is 19.1. The number of amides is 1. The predicted molar refractivity (Wildman–Crippen MR) is 110 cm³/mol. The third kappa shape index (κ3) is 5.72. The Labute approximate surface area is 176 Å². The summed E-state index contributed by atoms with van der Waals surface area (Å²) in [6, 6.07) is 8.94. The van der Waals surface area contributed by atoms with Gasteiger partial charge in [-0.3, -0.25) is 4.79 Å². The van der Waals surface area contributed by atoms with E-state index in [0.29, 0.717) is 22.8 Å². The van der Waals surface area contributed by atoms with Crippen LogP contribution in [0.4, 0.5) is 0 Å². The molecule has 0 fully saturated rings. The normalized spacial score (nSPS) is 10.7. The van der Waals surface area contributed by atoms with E-state index in [1.165, 1.54) is 13.3 Å². The van der Waals surface area contributed by atoms with Gasteiger partial charge in [0.2, 0.25) is 0 Å². The Bertz CT molecular complexity index is 828. The summed E-state index contributed by atoms with van der Waals surface area (Å²) in [5.74, 6) is 1.20. The van der Waals surface area contributed by atoms with Gasteiger partial charge in [-0.15, -0.1) is 0 Å².